The van der Waals surface area contributed by atoms with Crippen LogP contribution < -0.4 is 24.9 Å². The molecule has 2 saturated carbocycles. The predicted octanol–water partition coefficient (Wildman–Crippen LogP) is 9.74. The standard InChI is InChI=1S/C33H35F3N6O.C26H29F3N6O.C3H8O.CH4/c34-33(35,36)31-23-38(21-24-4-2-1-3-5-24)14-19-41(31)28-10-8-25(9-11-28)27-20-30-29(12-13-37-42(30)22-27)39-15-17-40(18-16-39)32(43)26-6-7-26;27-26(28,29)24-16-30-9-10-34(24)21-5-3-18(4-6-21)20-15-23-22(7-8-31-35(23)17-20)32-11-13-33(14-12-32)25(36)19-1-2-19;1-3(2)4;/h1-5,8-13,20,22,26,31H,6-7,14-19,21,23H2;3-8,15,17,19,24,30H,1-2,9-14,16H2;3-4H,1-2H3;1H4. The highest BCUT2D eigenvalue weighted by atomic mass is 19.4. The maximum absolute atomic E-state index is 14.2. The summed E-state index contributed by atoms with van der Waals surface area (Å²) in [5.74, 6) is 1.07. The van der Waals surface area contributed by atoms with Crippen LogP contribution in [0.1, 0.15) is 52.5 Å². The average Bonchev–Trinajstić information content (AvgIpc) is 3.92. The van der Waals surface area contributed by atoms with Gasteiger partial charge in [-0.05, 0) is 105 Å². The van der Waals surface area contributed by atoms with E-state index in [2.05, 4.69) is 37.4 Å². The Hall–Kier alpha value is -7.36. The fraction of sp³-hybridized carbons (Fsp3) is 0.460. The normalized spacial score (nSPS) is 19.9. The van der Waals surface area contributed by atoms with Crippen LogP contribution in [0, 0.1) is 11.8 Å². The van der Waals surface area contributed by atoms with Gasteiger partial charge in [0, 0.05) is 163 Å². The number of carbonyl (C=O) groups excluding carboxylic acids is 2. The lowest BCUT2D eigenvalue weighted by Crippen LogP contribution is -2.59. The first-order valence-corrected chi connectivity index (χ1v) is 29.0. The Morgan fingerprint density at radius 1 is 0.571 bits per heavy atom. The number of piperazine rings is 4. The lowest BCUT2D eigenvalue weighted by atomic mass is 10.1. The van der Waals surface area contributed by atoms with Crippen LogP contribution in [0.4, 0.5) is 49.1 Å². The third kappa shape index (κ3) is 13.9. The van der Waals surface area contributed by atoms with Gasteiger partial charge in [0.15, 0.2) is 0 Å². The number of benzene rings is 3. The van der Waals surface area contributed by atoms with Gasteiger partial charge in [0.25, 0.3) is 0 Å². The van der Waals surface area contributed by atoms with Crippen molar-refractivity contribution < 1.29 is 41.0 Å². The number of fused-ring (bicyclic) bond motifs is 2. The summed E-state index contributed by atoms with van der Waals surface area (Å²) < 4.78 is 87.0. The SMILES string of the molecule is C.CC(C)O.O=C(C1CC1)N1CCN(c2ccnn3cc(-c4ccc(N5CCN(Cc6ccccc6)CC5C(F)(F)F)cc4)cc23)CC1.O=C(C1CC1)N1CCN(c2ccnn3cc(-c4ccc(N5CCNCC5C(F)(F)F)cc4)cc23)CC1. The molecule has 6 aliphatic rings. The molecule has 0 bridgehead atoms. The van der Waals surface area contributed by atoms with Gasteiger partial charge in [0.1, 0.15) is 12.1 Å². The Bertz CT molecular complexity index is 3310. The van der Waals surface area contributed by atoms with Crippen molar-refractivity contribution in [3.63, 3.8) is 0 Å². The summed E-state index contributed by atoms with van der Waals surface area (Å²) in [6, 6.07) is 29.4. The molecule has 2 aliphatic carbocycles. The molecule has 8 heterocycles. The van der Waals surface area contributed by atoms with E-state index in [0.29, 0.717) is 55.9 Å². The van der Waals surface area contributed by atoms with Crippen molar-refractivity contribution in [3.8, 4) is 22.3 Å². The molecule has 2 amide bonds. The van der Waals surface area contributed by atoms with Crippen molar-refractivity contribution in [1.82, 2.24) is 39.2 Å². The highest BCUT2D eigenvalue weighted by molar-refractivity contribution is 5.84. The molecule has 84 heavy (non-hydrogen) atoms. The van der Waals surface area contributed by atoms with Crippen LogP contribution in [0.15, 0.2) is 128 Å². The van der Waals surface area contributed by atoms with Crippen LogP contribution in [-0.4, -0.2) is 173 Å². The van der Waals surface area contributed by atoms with Crippen LogP contribution in [0.3, 0.4) is 0 Å². The molecule has 6 fully saturated rings. The van der Waals surface area contributed by atoms with Crippen molar-refractivity contribution >= 4 is 45.6 Å². The molecular weight excluding hydrogens is 1090 g/mol. The second-order valence-electron chi connectivity index (χ2n) is 22.8. The third-order valence-electron chi connectivity index (χ3n) is 16.5. The summed E-state index contributed by atoms with van der Waals surface area (Å²) in [5, 5.41) is 19.9. The minimum absolute atomic E-state index is 0. The summed E-state index contributed by atoms with van der Waals surface area (Å²) in [5.41, 5.74) is 10.00. The van der Waals surface area contributed by atoms with Crippen LogP contribution in [-0.2, 0) is 16.1 Å². The largest absolute Gasteiger partial charge is 0.409 e. The number of anilines is 4. The number of hydrogen-bond donors (Lipinski definition) is 2. The van der Waals surface area contributed by atoms with Gasteiger partial charge in [-0.3, -0.25) is 14.5 Å². The Labute approximate surface area is 487 Å². The molecule has 21 heteroatoms. The molecule has 4 aromatic heterocycles. The first-order valence-electron chi connectivity index (χ1n) is 29.0. The Morgan fingerprint density at radius 3 is 1.44 bits per heavy atom. The minimum atomic E-state index is -4.34. The van der Waals surface area contributed by atoms with Crippen LogP contribution >= 0.6 is 0 Å². The number of nitrogens with one attached hydrogen (secondary N) is 1. The van der Waals surface area contributed by atoms with E-state index >= 15 is 0 Å². The number of amides is 2. The number of alkyl halides is 6. The Morgan fingerprint density at radius 2 is 1.01 bits per heavy atom. The third-order valence-corrected chi connectivity index (χ3v) is 16.5. The molecule has 7 aromatic rings. The molecule has 448 valence electrons. The summed E-state index contributed by atoms with van der Waals surface area (Å²) in [6.45, 7) is 11.5. The average molecular weight is 1160 g/mol. The zero-order valence-electron chi connectivity index (χ0n) is 46.9. The molecule has 13 rings (SSSR count). The van der Waals surface area contributed by atoms with Gasteiger partial charge in [-0.15, -0.1) is 0 Å². The van der Waals surface area contributed by atoms with E-state index in [-0.39, 0.29) is 38.5 Å². The topological polar surface area (TPSA) is 124 Å². The summed E-state index contributed by atoms with van der Waals surface area (Å²) in [7, 11) is 0. The number of aliphatic hydroxyl groups excluding tert-OH is 1. The fourth-order valence-electron chi connectivity index (χ4n) is 11.8. The van der Waals surface area contributed by atoms with Gasteiger partial charge in [-0.25, -0.2) is 9.03 Å². The number of aromatic nitrogens is 4. The molecule has 2 N–H and O–H groups in total. The van der Waals surface area contributed by atoms with Crippen molar-refractivity contribution in [1.29, 1.82) is 0 Å². The first kappa shape index (κ1) is 59.8. The molecule has 3 aromatic carbocycles. The zero-order valence-corrected chi connectivity index (χ0v) is 46.9. The minimum Gasteiger partial charge on any atom is -0.394 e. The van der Waals surface area contributed by atoms with E-state index in [9.17, 15) is 35.9 Å². The van der Waals surface area contributed by atoms with Crippen molar-refractivity contribution in [2.75, 3.05) is 111 Å². The Balaban J connectivity index is 0.000000176. The molecule has 2 atom stereocenters. The molecule has 4 saturated heterocycles. The van der Waals surface area contributed by atoms with Crippen molar-refractivity contribution in [2.24, 2.45) is 11.8 Å². The van der Waals surface area contributed by atoms with Crippen LogP contribution in [0.25, 0.3) is 33.3 Å². The lowest BCUT2D eigenvalue weighted by molar-refractivity contribution is -0.157. The highest BCUT2D eigenvalue weighted by Crippen LogP contribution is 2.38. The monoisotopic (exact) mass is 1160 g/mol. The van der Waals surface area contributed by atoms with Crippen molar-refractivity contribution in [3.05, 3.63) is 133 Å². The number of aliphatic hydroxyl groups is 1. The van der Waals surface area contributed by atoms with E-state index in [1.165, 1.54) is 9.80 Å². The maximum atomic E-state index is 14.2. The van der Waals surface area contributed by atoms with Gasteiger partial charge in [-0.1, -0.05) is 62.0 Å². The Kier molecular flexibility index (Phi) is 18.1. The van der Waals surface area contributed by atoms with E-state index in [1.807, 2.05) is 103 Å². The number of nitrogens with zero attached hydrogens (tertiary/aromatic N) is 11. The summed E-state index contributed by atoms with van der Waals surface area (Å²) in [4.78, 5) is 38.3. The van der Waals surface area contributed by atoms with E-state index in [4.69, 9.17) is 5.11 Å². The van der Waals surface area contributed by atoms with Gasteiger partial charge in [-0.2, -0.15) is 36.5 Å². The molecule has 15 nitrogen and oxygen atoms in total. The van der Waals surface area contributed by atoms with Gasteiger partial charge >= 0.3 is 12.4 Å². The second-order valence-corrected chi connectivity index (χ2v) is 22.8. The number of carbonyl (C=O) groups is 2. The predicted molar refractivity (Wildman–Crippen MR) is 317 cm³/mol. The maximum Gasteiger partial charge on any atom is 0.409 e. The van der Waals surface area contributed by atoms with Crippen LogP contribution in [0.2, 0.25) is 0 Å². The highest BCUT2D eigenvalue weighted by Gasteiger charge is 2.47. The second kappa shape index (κ2) is 25.5. The number of hydrogen-bond acceptors (Lipinski definition) is 11. The van der Waals surface area contributed by atoms with E-state index in [0.717, 1.165) is 128 Å². The number of halogens is 6. The van der Waals surface area contributed by atoms with E-state index in [1.54, 1.807) is 50.5 Å². The quantitative estimate of drug-likeness (QED) is 0.127. The van der Waals surface area contributed by atoms with Crippen LogP contribution in [0.5, 0.6) is 0 Å². The first-order chi connectivity index (χ1) is 39.9. The molecule has 2 unspecified atom stereocenters. The summed E-state index contributed by atoms with van der Waals surface area (Å²) >= 11 is 0. The van der Waals surface area contributed by atoms with Gasteiger partial charge in [0.2, 0.25) is 11.8 Å². The van der Waals surface area contributed by atoms with Gasteiger partial charge in [0.05, 0.1) is 22.4 Å². The lowest BCUT2D eigenvalue weighted by Gasteiger charge is -2.43. The molecular formula is C63H76F6N12O3. The summed E-state index contributed by atoms with van der Waals surface area (Å²) in [6.07, 6.45) is 2.76. The van der Waals surface area contributed by atoms with Crippen molar-refractivity contribution in [2.45, 2.75) is 84.0 Å². The zero-order chi connectivity index (χ0) is 58.0. The molecule has 4 aliphatic heterocycles. The smallest absolute Gasteiger partial charge is 0.394 e. The molecule has 0 spiro atoms. The number of rotatable bonds is 10. The van der Waals surface area contributed by atoms with E-state index < -0.39 is 24.4 Å². The van der Waals surface area contributed by atoms with Gasteiger partial charge < -0.3 is 39.8 Å². The fourth-order valence-corrected chi connectivity index (χ4v) is 11.8. The molecule has 0 radical (unpaired) electrons.